The molecule has 0 spiro atoms. The van der Waals surface area contributed by atoms with Crippen LogP contribution in [0.2, 0.25) is 0 Å². The first-order valence-electron chi connectivity index (χ1n) is 18.3. The van der Waals surface area contributed by atoms with Crippen molar-refractivity contribution in [1.82, 2.24) is 4.98 Å². The molecule has 0 aliphatic heterocycles. The minimum atomic E-state index is 0.626. The minimum Gasteiger partial charge on any atom is -0.436 e. The molecule has 10 rings (SSSR count). The summed E-state index contributed by atoms with van der Waals surface area (Å²) in [5.41, 5.74) is 12.9. The second-order valence-corrected chi connectivity index (χ2v) is 13.6. The molecule has 0 unspecified atom stereocenters. The van der Waals surface area contributed by atoms with E-state index in [2.05, 4.69) is 175 Å². The quantitative estimate of drug-likeness (QED) is 0.167. The lowest BCUT2D eigenvalue weighted by Gasteiger charge is -2.29. The van der Waals surface area contributed by atoms with Crippen LogP contribution in [-0.2, 0) is 0 Å². The van der Waals surface area contributed by atoms with Gasteiger partial charge in [-0.25, -0.2) is 4.98 Å². The fourth-order valence-corrected chi connectivity index (χ4v) is 7.63. The van der Waals surface area contributed by atoms with Crippen LogP contribution in [0.3, 0.4) is 0 Å². The zero-order valence-corrected chi connectivity index (χ0v) is 29.4. The average molecular weight is 691 g/mol. The molecule has 254 valence electrons. The topological polar surface area (TPSA) is 29.3 Å². The molecule has 54 heavy (non-hydrogen) atoms. The number of aromatic nitrogens is 1. The summed E-state index contributed by atoms with van der Waals surface area (Å²) in [5, 5.41) is 4.57. The van der Waals surface area contributed by atoms with E-state index >= 15 is 0 Å². The van der Waals surface area contributed by atoms with Crippen molar-refractivity contribution in [2.24, 2.45) is 0 Å². The van der Waals surface area contributed by atoms with Crippen molar-refractivity contribution in [3.8, 4) is 44.8 Å². The van der Waals surface area contributed by atoms with Gasteiger partial charge in [-0.05, 0) is 105 Å². The SMILES string of the molecule is c1ccc(-c2ccc(N(c3ccc4c(ccc5oc(-c6ccccc6)nc54)c3)c3ccc(-c4ccccc4)cc3-c3cccc4ccccc34)cc2)cc1. The van der Waals surface area contributed by atoms with Gasteiger partial charge in [0.25, 0.3) is 0 Å². The van der Waals surface area contributed by atoms with Crippen LogP contribution in [0.1, 0.15) is 0 Å². The lowest BCUT2D eigenvalue weighted by molar-refractivity contribution is 0.620. The van der Waals surface area contributed by atoms with E-state index in [0.717, 1.165) is 50.1 Å². The molecule has 10 aromatic rings. The predicted molar refractivity (Wildman–Crippen MR) is 225 cm³/mol. The van der Waals surface area contributed by atoms with Crippen molar-refractivity contribution in [2.75, 3.05) is 4.90 Å². The highest BCUT2D eigenvalue weighted by molar-refractivity contribution is 6.07. The van der Waals surface area contributed by atoms with Crippen LogP contribution in [0.4, 0.5) is 17.1 Å². The van der Waals surface area contributed by atoms with Crippen molar-refractivity contribution >= 4 is 49.7 Å². The van der Waals surface area contributed by atoms with E-state index in [4.69, 9.17) is 9.40 Å². The maximum atomic E-state index is 6.25. The van der Waals surface area contributed by atoms with Gasteiger partial charge >= 0.3 is 0 Å². The van der Waals surface area contributed by atoms with Gasteiger partial charge in [0.2, 0.25) is 5.89 Å². The zero-order valence-electron chi connectivity index (χ0n) is 29.4. The highest BCUT2D eigenvalue weighted by Gasteiger charge is 2.21. The molecule has 0 aliphatic rings. The van der Waals surface area contributed by atoms with Crippen LogP contribution >= 0.6 is 0 Å². The van der Waals surface area contributed by atoms with Crippen molar-refractivity contribution in [3.63, 3.8) is 0 Å². The fraction of sp³-hybridized carbons (Fsp3) is 0. The van der Waals surface area contributed by atoms with E-state index in [9.17, 15) is 0 Å². The molecule has 1 heterocycles. The largest absolute Gasteiger partial charge is 0.436 e. The van der Waals surface area contributed by atoms with Crippen LogP contribution in [0.5, 0.6) is 0 Å². The zero-order chi connectivity index (χ0) is 35.8. The Balaban J connectivity index is 1.19. The van der Waals surface area contributed by atoms with Gasteiger partial charge in [-0.3, -0.25) is 0 Å². The summed E-state index contributed by atoms with van der Waals surface area (Å²) in [4.78, 5) is 7.37. The molecule has 9 aromatic carbocycles. The van der Waals surface area contributed by atoms with Gasteiger partial charge in [0, 0.05) is 27.9 Å². The third-order valence-electron chi connectivity index (χ3n) is 10.3. The second-order valence-electron chi connectivity index (χ2n) is 13.6. The smallest absolute Gasteiger partial charge is 0.227 e. The van der Waals surface area contributed by atoms with E-state index in [0.29, 0.717) is 5.89 Å². The second kappa shape index (κ2) is 13.4. The van der Waals surface area contributed by atoms with Crippen LogP contribution in [0.15, 0.2) is 211 Å². The van der Waals surface area contributed by atoms with Crippen LogP contribution in [0, 0.1) is 0 Å². The average Bonchev–Trinajstić information content (AvgIpc) is 3.70. The van der Waals surface area contributed by atoms with Gasteiger partial charge in [0.05, 0.1) is 5.69 Å². The van der Waals surface area contributed by atoms with E-state index in [-0.39, 0.29) is 0 Å². The van der Waals surface area contributed by atoms with Gasteiger partial charge in [-0.2, -0.15) is 0 Å². The lowest BCUT2D eigenvalue weighted by atomic mass is 9.92. The molecule has 0 atom stereocenters. The molecular weight excluding hydrogens is 657 g/mol. The number of fused-ring (bicyclic) bond motifs is 4. The number of anilines is 3. The Morgan fingerprint density at radius 1 is 0.370 bits per heavy atom. The lowest BCUT2D eigenvalue weighted by Crippen LogP contribution is -2.11. The molecule has 0 N–H and O–H groups in total. The van der Waals surface area contributed by atoms with Crippen LogP contribution in [0.25, 0.3) is 77.5 Å². The highest BCUT2D eigenvalue weighted by Crippen LogP contribution is 2.45. The van der Waals surface area contributed by atoms with E-state index in [1.54, 1.807) is 0 Å². The molecule has 0 saturated carbocycles. The molecule has 1 aromatic heterocycles. The van der Waals surface area contributed by atoms with E-state index < -0.39 is 0 Å². The monoisotopic (exact) mass is 690 g/mol. The summed E-state index contributed by atoms with van der Waals surface area (Å²) in [6.45, 7) is 0. The first-order chi connectivity index (χ1) is 26.8. The van der Waals surface area contributed by atoms with Gasteiger partial charge in [-0.1, -0.05) is 146 Å². The Morgan fingerprint density at radius 3 is 1.74 bits per heavy atom. The van der Waals surface area contributed by atoms with Crippen molar-refractivity contribution in [2.45, 2.75) is 0 Å². The summed E-state index contributed by atoms with van der Waals surface area (Å²) >= 11 is 0. The summed E-state index contributed by atoms with van der Waals surface area (Å²) in [6, 6.07) is 73.2. The number of nitrogens with zero attached hydrogens (tertiary/aromatic N) is 2. The molecular formula is C51H34N2O. The fourth-order valence-electron chi connectivity index (χ4n) is 7.63. The Morgan fingerprint density at radius 2 is 0.981 bits per heavy atom. The van der Waals surface area contributed by atoms with Crippen molar-refractivity contribution in [3.05, 3.63) is 206 Å². The number of hydrogen-bond donors (Lipinski definition) is 0. The maximum Gasteiger partial charge on any atom is 0.227 e. The number of oxazole rings is 1. The van der Waals surface area contributed by atoms with Crippen molar-refractivity contribution < 1.29 is 4.42 Å². The van der Waals surface area contributed by atoms with E-state index in [1.165, 1.54) is 38.6 Å². The summed E-state index contributed by atoms with van der Waals surface area (Å²) in [5.74, 6) is 0.626. The molecule has 0 saturated heterocycles. The van der Waals surface area contributed by atoms with Crippen LogP contribution in [-0.4, -0.2) is 4.98 Å². The van der Waals surface area contributed by atoms with Gasteiger partial charge in [-0.15, -0.1) is 0 Å². The Hall–Kier alpha value is -7.23. The van der Waals surface area contributed by atoms with Gasteiger partial charge in [0.15, 0.2) is 5.58 Å². The van der Waals surface area contributed by atoms with Gasteiger partial charge < -0.3 is 9.32 Å². The molecule has 3 heteroatoms. The predicted octanol–water partition coefficient (Wildman–Crippen LogP) is 14.3. The van der Waals surface area contributed by atoms with Gasteiger partial charge in [0.1, 0.15) is 5.52 Å². The van der Waals surface area contributed by atoms with E-state index in [1.807, 2.05) is 36.4 Å². The number of benzene rings is 9. The minimum absolute atomic E-state index is 0.626. The normalized spacial score (nSPS) is 11.3. The first kappa shape index (κ1) is 31.5. The highest BCUT2D eigenvalue weighted by atomic mass is 16.3. The summed E-state index contributed by atoms with van der Waals surface area (Å²) < 4.78 is 6.25. The molecule has 3 nitrogen and oxygen atoms in total. The number of rotatable bonds is 7. The molecule has 0 bridgehead atoms. The Labute approximate surface area is 314 Å². The number of hydrogen-bond acceptors (Lipinski definition) is 3. The molecule has 0 amide bonds. The first-order valence-corrected chi connectivity index (χ1v) is 18.3. The Bertz CT molecular complexity index is 2910. The van der Waals surface area contributed by atoms with Crippen molar-refractivity contribution in [1.29, 1.82) is 0 Å². The third-order valence-corrected chi connectivity index (χ3v) is 10.3. The van der Waals surface area contributed by atoms with Crippen LogP contribution < -0.4 is 4.90 Å². The Kier molecular flexibility index (Phi) is 7.81. The molecule has 0 fully saturated rings. The summed E-state index contributed by atoms with van der Waals surface area (Å²) in [6.07, 6.45) is 0. The summed E-state index contributed by atoms with van der Waals surface area (Å²) in [7, 11) is 0. The third kappa shape index (κ3) is 5.69. The molecule has 0 aliphatic carbocycles. The standard InChI is InChI=1S/C51H34N2O/c1-4-13-35(14-5-1)37-23-27-42(28-24-37)53(43-29-30-45-41(33-43)26-32-49-50(45)52-51(54-49)39-18-8-3-9-19-39)48-31-25-40(36-15-6-2-7-16-36)34-47(48)46-22-12-20-38-17-10-11-21-44(38)46/h1-34H. The molecule has 0 radical (unpaired) electrons. The maximum absolute atomic E-state index is 6.25.